The van der Waals surface area contributed by atoms with Gasteiger partial charge in [-0.1, -0.05) is 42.5 Å². The molecule has 5 nitrogen and oxygen atoms in total. The van der Waals surface area contributed by atoms with E-state index >= 15 is 0 Å². The van der Waals surface area contributed by atoms with Gasteiger partial charge in [0.15, 0.2) is 5.90 Å². The summed E-state index contributed by atoms with van der Waals surface area (Å²) >= 11 is 1.58. The first kappa shape index (κ1) is 20.5. The predicted octanol–water partition coefficient (Wildman–Crippen LogP) is 6.41. The molecule has 154 valence electrons. The number of thiophene rings is 1. The van der Waals surface area contributed by atoms with Crippen LogP contribution in [0, 0.1) is 10.8 Å². The molecule has 4 aromatic rings. The molecule has 0 aliphatic carbocycles. The number of benzene rings is 2. The zero-order valence-corrected chi connectivity index (χ0v) is 17.8. The number of ether oxygens (including phenoxy) is 2. The van der Waals surface area contributed by atoms with E-state index in [9.17, 15) is 0 Å². The van der Waals surface area contributed by atoms with Crippen LogP contribution in [0.3, 0.4) is 0 Å². The third-order valence-electron chi connectivity index (χ3n) is 4.54. The highest BCUT2D eigenvalue weighted by Gasteiger charge is 2.12. The zero-order valence-electron chi connectivity index (χ0n) is 17.0. The third-order valence-corrected chi connectivity index (χ3v) is 5.36. The summed E-state index contributed by atoms with van der Waals surface area (Å²) in [5, 5.41) is 18.9. The average molecular weight is 428 g/mol. The molecule has 2 N–H and O–H groups in total. The van der Waals surface area contributed by atoms with Gasteiger partial charge < -0.3 is 9.47 Å². The Morgan fingerprint density at radius 2 is 1.77 bits per heavy atom. The Balaban J connectivity index is 1.50. The lowest BCUT2D eigenvalue weighted by atomic mass is 10.0. The molecule has 31 heavy (non-hydrogen) atoms. The van der Waals surface area contributed by atoms with Gasteiger partial charge in [-0.3, -0.25) is 10.8 Å². The lowest BCUT2D eigenvalue weighted by molar-refractivity contribution is 0.302. The molecule has 0 saturated heterocycles. The van der Waals surface area contributed by atoms with E-state index in [1.165, 1.54) is 6.92 Å². The molecule has 0 amide bonds. The second kappa shape index (κ2) is 9.36. The summed E-state index contributed by atoms with van der Waals surface area (Å²) in [4.78, 5) is 5.64. The molecule has 2 aromatic heterocycles. The Hall–Kier alpha value is -3.77. The first-order valence-electron chi connectivity index (χ1n) is 9.73. The molecule has 0 radical (unpaired) electrons. The Bertz CT molecular complexity index is 1250. The van der Waals surface area contributed by atoms with Crippen molar-refractivity contribution in [1.82, 2.24) is 4.98 Å². The average Bonchev–Trinajstić information content (AvgIpc) is 3.29. The number of pyridine rings is 1. The topological polar surface area (TPSA) is 79.0 Å². The summed E-state index contributed by atoms with van der Waals surface area (Å²) in [6.07, 6.45) is 1.89. The van der Waals surface area contributed by atoms with Crippen LogP contribution in [0.1, 0.15) is 23.1 Å². The van der Waals surface area contributed by atoms with Crippen LogP contribution in [0.15, 0.2) is 78.2 Å². The van der Waals surface area contributed by atoms with Crippen molar-refractivity contribution in [2.45, 2.75) is 13.5 Å². The third kappa shape index (κ3) is 5.24. The van der Waals surface area contributed by atoms with Gasteiger partial charge >= 0.3 is 0 Å². The summed E-state index contributed by atoms with van der Waals surface area (Å²) in [6.45, 7) is 1.88. The van der Waals surface area contributed by atoms with Crippen LogP contribution in [0.25, 0.3) is 22.6 Å². The minimum Gasteiger partial charge on any atom is -0.487 e. The van der Waals surface area contributed by atoms with Crippen LogP contribution in [0.5, 0.6) is 5.75 Å². The van der Waals surface area contributed by atoms with E-state index in [0.717, 1.165) is 27.0 Å². The van der Waals surface area contributed by atoms with Crippen molar-refractivity contribution in [2.24, 2.45) is 0 Å². The monoisotopic (exact) mass is 427 g/mol. The molecule has 0 aliphatic rings. The summed E-state index contributed by atoms with van der Waals surface area (Å²) in [5.41, 5.74) is 3.23. The lowest BCUT2D eigenvalue weighted by Crippen LogP contribution is -2.09. The number of fused-ring (bicyclic) bond motifs is 1. The maximum atomic E-state index is 8.26. The first-order chi connectivity index (χ1) is 15.1. The predicted molar refractivity (Wildman–Crippen MR) is 127 cm³/mol. The second-order valence-electron chi connectivity index (χ2n) is 6.87. The highest BCUT2D eigenvalue weighted by molar-refractivity contribution is 7.11. The number of nitrogens with one attached hydrogen (secondary N) is 2. The van der Waals surface area contributed by atoms with Gasteiger partial charge in [-0.15, -0.1) is 11.3 Å². The number of para-hydroxylation sites is 1. The Kier molecular flexibility index (Phi) is 6.19. The van der Waals surface area contributed by atoms with Crippen LogP contribution < -0.4 is 4.74 Å². The summed E-state index contributed by atoms with van der Waals surface area (Å²) in [7, 11) is 0. The van der Waals surface area contributed by atoms with Crippen LogP contribution in [-0.2, 0) is 11.3 Å². The van der Waals surface area contributed by atoms with Gasteiger partial charge in [0.05, 0.1) is 11.2 Å². The minimum atomic E-state index is -0.0602. The van der Waals surface area contributed by atoms with Crippen LogP contribution in [-0.4, -0.2) is 16.8 Å². The second-order valence-corrected chi connectivity index (χ2v) is 7.85. The molecule has 0 saturated carbocycles. The quantitative estimate of drug-likeness (QED) is 0.276. The number of hydrogen-bond donors (Lipinski definition) is 2. The van der Waals surface area contributed by atoms with Gasteiger partial charge in [0, 0.05) is 22.8 Å². The molecular weight excluding hydrogens is 406 g/mol. The molecule has 0 unspecified atom stereocenters. The fourth-order valence-corrected chi connectivity index (χ4v) is 3.74. The van der Waals surface area contributed by atoms with Crippen molar-refractivity contribution in [1.29, 1.82) is 10.8 Å². The van der Waals surface area contributed by atoms with Crippen molar-refractivity contribution >= 4 is 45.7 Å². The van der Waals surface area contributed by atoms with Gasteiger partial charge in [-0.05, 0) is 47.4 Å². The molecular formula is C25H21N3O2S. The van der Waals surface area contributed by atoms with Crippen molar-refractivity contribution < 1.29 is 9.47 Å². The molecule has 0 aliphatic heterocycles. The Morgan fingerprint density at radius 3 is 2.52 bits per heavy atom. The van der Waals surface area contributed by atoms with Crippen molar-refractivity contribution in [3.8, 4) is 5.75 Å². The largest absolute Gasteiger partial charge is 0.487 e. The molecule has 4 rings (SSSR count). The Labute approximate surface area is 184 Å². The van der Waals surface area contributed by atoms with Gasteiger partial charge in [-0.2, -0.15) is 0 Å². The van der Waals surface area contributed by atoms with E-state index in [1.54, 1.807) is 11.3 Å². The van der Waals surface area contributed by atoms with E-state index in [2.05, 4.69) is 4.98 Å². The van der Waals surface area contributed by atoms with Gasteiger partial charge in [-0.25, -0.2) is 4.98 Å². The number of nitrogens with zero attached hydrogens (tertiary/aromatic N) is 1. The fraction of sp³-hybridized carbons (Fsp3) is 0.0800. The fourth-order valence-electron chi connectivity index (χ4n) is 3.08. The Morgan fingerprint density at radius 1 is 0.968 bits per heavy atom. The van der Waals surface area contributed by atoms with E-state index in [1.807, 2.05) is 84.3 Å². The number of rotatable bonds is 6. The van der Waals surface area contributed by atoms with Crippen LogP contribution in [0.4, 0.5) is 0 Å². The zero-order chi connectivity index (χ0) is 21.6. The van der Waals surface area contributed by atoms with E-state index in [0.29, 0.717) is 17.9 Å². The number of hydrogen-bond acceptors (Lipinski definition) is 6. The molecule has 2 heterocycles. The van der Waals surface area contributed by atoms with E-state index in [4.69, 9.17) is 20.3 Å². The summed E-state index contributed by atoms with van der Waals surface area (Å²) < 4.78 is 11.2. The molecule has 2 aromatic carbocycles. The highest BCUT2D eigenvalue weighted by atomic mass is 32.1. The molecule has 0 spiro atoms. The van der Waals surface area contributed by atoms with Crippen molar-refractivity contribution in [3.63, 3.8) is 0 Å². The van der Waals surface area contributed by atoms with E-state index in [-0.39, 0.29) is 11.8 Å². The van der Waals surface area contributed by atoms with Gasteiger partial charge in [0.1, 0.15) is 12.4 Å². The SMILES string of the molecule is CC(=N)OC(=N)/C(=C/c1cccs1)c1ccc(OCc2ccc3ccccc3n2)cc1. The molecule has 0 atom stereocenters. The standard InChI is InChI=1S/C25H21N3O2S/c1-17(26)30-25(27)23(15-22-6-4-14-31-22)18-9-12-21(13-10-18)29-16-20-11-8-19-5-2-3-7-24(19)28-20/h2-15,26-27H,16H2,1H3/b23-15+,26-17?,27-25?. The van der Waals surface area contributed by atoms with Gasteiger partial charge in [0.2, 0.25) is 5.90 Å². The van der Waals surface area contributed by atoms with Crippen LogP contribution in [0.2, 0.25) is 0 Å². The van der Waals surface area contributed by atoms with Gasteiger partial charge in [0.25, 0.3) is 0 Å². The highest BCUT2D eigenvalue weighted by Crippen LogP contribution is 2.25. The molecule has 0 fully saturated rings. The number of aromatic nitrogens is 1. The maximum absolute atomic E-state index is 8.26. The smallest absolute Gasteiger partial charge is 0.221 e. The minimum absolute atomic E-state index is 0.0232. The summed E-state index contributed by atoms with van der Waals surface area (Å²) in [5.74, 6) is 0.629. The maximum Gasteiger partial charge on any atom is 0.221 e. The van der Waals surface area contributed by atoms with E-state index < -0.39 is 0 Å². The normalized spacial score (nSPS) is 11.3. The van der Waals surface area contributed by atoms with Crippen molar-refractivity contribution in [3.05, 3.63) is 94.3 Å². The lowest BCUT2D eigenvalue weighted by Gasteiger charge is -2.11. The summed E-state index contributed by atoms with van der Waals surface area (Å²) in [6, 6.07) is 23.4. The van der Waals surface area contributed by atoms with Crippen molar-refractivity contribution in [2.75, 3.05) is 0 Å². The molecule has 6 heteroatoms. The molecule has 0 bridgehead atoms. The van der Waals surface area contributed by atoms with Crippen LogP contribution >= 0.6 is 11.3 Å². The first-order valence-corrected chi connectivity index (χ1v) is 10.6.